The first-order valence-corrected chi connectivity index (χ1v) is 11.0. The maximum Gasteiger partial charge on any atom is 0.339 e. The minimum Gasteiger partial charge on any atom is -0.478 e. The highest BCUT2D eigenvalue weighted by atomic mass is 19.1. The highest BCUT2D eigenvalue weighted by Crippen LogP contribution is 2.48. The summed E-state index contributed by atoms with van der Waals surface area (Å²) in [6.07, 6.45) is 3.18. The summed E-state index contributed by atoms with van der Waals surface area (Å²) in [5.41, 5.74) is 4.53. The molecule has 0 aromatic heterocycles. The summed E-state index contributed by atoms with van der Waals surface area (Å²) >= 11 is 0. The van der Waals surface area contributed by atoms with E-state index in [4.69, 9.17) is 10.8 Å². The van der Waals surface area contributed by atoms with Gasteiger partial charge in [-0.2, -0.15) is 0 Å². The highest BCUT2D eigenvalue weighted by Gasteiger charge is 2.60. The average Bonchev–Trinajstić information content (AvgIpc) is 3.15. The lowest BCUT2D eigenvalue weighted by Gasteiger charge is -2.27. The predicted molar refractivity (Wildman–Crippen MR) is 117 cm³/mol. The van der Waals surface area contributed by atoms with Crippen molar-refractivity contribution in [2.75, 3.05) is 18.0 Å². The number of allylic oxidation sites excluding steroid dienone is 1. The smallest absolute Gasteiger partial charge is 0.339 e. The zero-order chi connectivity index (χ0) is 24.0. The van der Waals surface area contributed by atoms with Crippen LogP contribution in [0.25, 0.3) is 0 Å². The lowest BCUT2D eigenvalue weighted by Crippen LogP contribution is -2.53. The Morgan fingerprint density at radius 1 is 1.25 bits per heavy atom. The average molecular weight is 453 g/mol. The van der Waals surface area contributed by atoms with Crippen LogP contribution in [0.5, 0.6) is 0 Å². The summed E-state index contributed by atoms with van der Waals surface area (Å²) < 4.78 is 41.7. The van der Waals surface area contributed by atoms with E-state index in [0.717, 1.165) is 18.9 Å². The van der Waals surface area contributed by atoms with Gasteiger partial charge in [0.2, 0.25) is 0 Å². The molecule has 32 heavy (non-hydrogen) atoms. The summed E-state index contributed by atoms with van der Waals surface area (Å²) in [6, 6.07) is 1.05. The molecule has 4 atom stereocenters. The number of anilines is 1. The number of fused-ring (bicyclic) bond motifs is 1. The van der Waals surface area contributed by atoms with E-state index in [1.165, 1.54) is 13.0 Å². The van der Waals surface area contributed by atoms with Crippen LogP contribution in [0.3, 0.4) is 0 Å². The predicted octanol–water partition coefficient (Wildman–Crippen LogP) is 4.43. The number of nitrogens with zero attached hydrogens (tertiary/aromatic N) is 1. The van der Waals surface area contributed by atoms with Gasteiger partial charge < -0.3 is 15.7 Å². The SMILES string of the molecule is C/C=C(/C(=O)O)C(=O)c1cc(F)c(N2CC3(N)CCCC3(F)C2)c(C)c1C.CC1CC1F. The lowest BCUT2D eigenvalue weighted by molar-refractivity contribution is -0.132. The molecule has 0 bridgehead atoms. The number of rotatable bonds is 4. The van der Waals surface area contributed by atoms with E-state index in [9.17, 15) is 18.4 Å². The van der Waals surface area contributed by atoms with Crippen molar-refractivity contribution in [2.24, 2.45) is 11.7 Å². The van der Waals surface area contributed by atoms with E-state index in [1.807, 2.05) is 6.92 Å². The van der Waals surface area contributed by atoms with Crippen LogP contribution in [-0.2, 0) is 4.79 Å². The maximum atomic E-state index is 15.2. The van der Waals surface area contributed by atoms with Gasteiger partial charge in [-0.15, -0.1) is 0 Å². The maximum absolute atomic E-state index is 15.2. The van der Waals surface area contributed by atoms with Gasteiger partial charge >= 0.3 is 5.97 Å². The van der Waals surface area contributed by atoms with Crippen LogP contribution >= 0.6 is 0 Å². The minimum absolute atomic E-state index is 0.000986. The zero-order valence-electron chi connectivity index (χ0n) is 19.0. The number of halogens is 3. The standard InChI is InChI=1S/C20H24F2N2O3.C4H7F/c1-4-13(18(26)27)17(25)14-8-15(21)16(12(3)11(14)2)24-9-19(22)6-5-7-20(19,23)10-24;1-3-2-4(3)5/h4,8H,5-7,9-10,23H2,1-3H3,(H,26,27);3-4H,2H2,1H3/b13-4+;. The second-order valence-electron chi connectivity index (χ2n) is 9.40. The fourth-order valence-corrected chi connectivity index (χ4v) is 4.73. The first kappa shape index (κ1) is 24.3. The van der Waals surface area contributed by atoms with Crippen molar-refractivity contribution in [3.63, 3.8) is 0 Å². The Morgan fingerprint density at radius 2 is 1.84 bits per heavy atom. The van der Waals surface area contributed by atoms with Gasteiger partial charge in [0.25, 0.3) is 0 Å². The summed E-state index contributed by atoms with van der Waals surface area (Å²) in [5.74, 6) is -2.39. The van der Waals surface area contributed by atoms with E-state index in [2.05, 4.69) is 0 Å². The molecule has 1 aliphatic heterocycles. The number of carbonyl (C=O) groups is 2. The molecule has 176 valence electrons. The third kappa shape index (κ3) is 4.17. The molecule has 0 radical (unpaired) electrons. The van der Waals surface area contributed by atoms with Gasteiger partial charge in [0.1, 0.15) is 23.2 Å². The number of ketones is 1. The van der Waals surface area contributed by atoms with Crippen LogP contribution < -0.4 is 10.6 Å². The Bertz CT molecular complexity index is 956. The molecule has 1 aromatic rings. The Morgan fingerprint density at radius 3 is 2.31 bits per heavy atom. The molecule has 4 unspecified atom stereocenters. The molecule has 1 heterocycles. The molecule has 2 aliphatic carbocycles. The number of Topliss-reactive ketones (excluding diaryl/α,β-unsaturated/α-hetero) is 1. The topological polar surface area (TPSA) is 83.6 Å². The van der Waals surface area contributed by atoms with Crippen LogP contribution in [0.2, 0.25) is 0 Å². The van der Waals surface area contributed by atoms with Crippen LogP contribution in [0.1, 0.15) is 61.0 Å². The normalized spacial score (nSPS) is 31.1. The van der Waals surface area contributed by atoms with E-state index < -0.39 is 40.5 Å². The first-order valence-electron chi connectivity index (χ1n) is 11.0. The molecular formula is C24H31F3N2O3. The molecule has 5 nitrogen and oxygen atoms in total. The van der Waals surface area contributed by atoms with Gasteiger partial charge in [-0.1, -0.05) is 13.0 Å². The number of carboxylic acid groups (broad SMARTS) is 1. The van der Waals surface area contributed by atoms with E-state index in [0.29, 0.717) is 29.9 Å². The van der Waals surface area contributed by atoms with E-state index in [1.54, 1.807) is 18.7 Å². The summed E-state index contributed by atoms with van der Waals surface area (Å²) in [6.45, 7) is 6.89. The Hall–Kier alpha value is -2.35. The Labute approximate surface area is 186 Å². The molecule has 0 spiro atoms. The van der Waals surface area contributed by atoms with Crippen molar-refractivity contribution in [1.29, 1.82) is 0 Å². The van der Waals surface area contributed by atoms with Crippen molar-refractivity contribution >= 4 is 17.4 Å². The van der Waals surface area contributed by atoms with E-state index in [-0.39, 0.29) is 24.3 Å². The number of benzene rings is 1. The molecule has 1 saturated heterocycles. The third-order valence-electron chi connectivity index (χ3n) is 7.16. The molecule has 3 aliphatic rings. The fourth-order valence-electron chi connectivity index (χ4n) is 4.73. The zero-order valence-corrected chi connectivity index (χ0v) is 19.0. The molecule has 4 rings (SSSR count). The lowest BCUT2D eigenvalue weighted by atomic mass is 9.89. The van der Waals surface area contributed by atoms with Crippen molar-refractivity contribution < 1.29 is 27.9 Å². The minimum atomic E-state index is -1.55. The van der Waals surface area contributed by atoms with Gasteiger partial charge in [-0.3, -0.25) is 4.79 Å². The second kappa shape index (κ2) is 8.54. The number of hydrogen-bond acceptors (Lipinski definition) is 4. The van der Waals surface area contributed by atoms with Crippen LogP contribution in [0.4, 0.5) is 18.9 Å². The molecule has 1 aromatic carbocycles. The summed E-state index contributed by atoms with van der Waals surface area (Å²) in [4.78, 5) is 25.4. The quantitative estimate of drug-likeness (QED) is 0.306. The first-order chi connectivity index (χ1) is 14.8. The molecule has 3 fully saturated rings. The highest BCUT2D eigenvalue weighted by molar-refractivity contribution is 6.24. The van der Waals surface area contributed by atoms with Gasteiger partial charge in [0, 0.05) is 12.1 Å². The summed E-state index contributed by atoms with van der Waals surface area (Å²) in [5, 5.41) is 9.16. The van der Waals surface area contributed by atoms with Gasteiger partial charge in [-0.05, 0) is 69.6 Å². The van der Waals surface area contributed by atoms with Crippen molar-refractivity contribution in [1.82, 2.24) is 0 Å². The second-order valence-corrected chi connectivity index (χ2v) is 9.40. The van der Waals surface area contributed by atoms with E-state index >= 15 is 4.39 Å². The van der Waals surface area contributed by atoms with Gasteiger partial charge in [0.05, 0.1) is 17.8 Å². The number of alkyl halides is 2. The van der Waals surface area contributed by atoms with Crippen LogP contribution in [0, 0.1) is 25.6 Å². The van der Waals surface area contributed by atoms with Crippen molar-refractivity contribution in [3.05, 3.63) is 40.2 Å². The van der Waals surface area contributed by atoms with Gasteiger partial charge in [0.15, 0.2) is 5.78 Å². The molecule has 0 amide bonds. The fraction of sp³-hybridized carbons (Fsp3) is 0.583. The van der Waals surface area contributed by atoms with Crippen LogP contribution in [-0.4, -0.2) is 47.3 Å². The largest absolute Gasteiger partial charge is 0.478 e. The molecule has 3 N–H and O–H groups in total. The number of aliphatic carboxylic acids is 1. The molecule has 2 saturated carbocycles. The number of hydrogen-bond donors (Lipinski definition) is 2. The number of nitrogens with two attached hydrogens (primary N) is 1. The van der Waals surface area contributed by atoms with Gasteiger partial charge in [-0.25, -0.2) is 18.0 Å². The van der Waals surface area contributed by atoms with Crippen molar-refractivity contribution in [2.45, 2.75) is 70.8 Å². The third-order valence-corrected chi connectivity index (χ3v) is 7.16. The van der Waals surface area contributed by atoms with Crippen LogP contribution in [0.15, 0.2) is 17.7 Å². The Balaban J connectivity index is 0.000000509. The monoisotopic (exact) mass is 452 g/mol. The van der Waals surface area contributed by atoms with Crippen molar-refractivity contribution in [3.8, 4) is 0 Å². The molecular weight excluding hydrogens is 421 g/mol. The Kier molecular flexibility index (Phi) is 6.48. The summed E-state index contributed by atoms with van der Waals surface area (Å²) in [7, 11) is 0. The number of carbonyl (C=O) groups excluding carboxylic acids is 1. The molecule has 8 heteroatoms. The number of carboxylic acids is 1.